The number of nitrogens with one attached hydrogen (secondary N) is 2. The Morgan fingerprint density at radius 3 is 2.52 bits per heavy atom. The molecule has 0 radical (unpaired) electrons. The number of anilines is 1. The monoisotopic (exact) mass is 417 g/mol. The average Bonchev–Trinajstić information content (AvgIpc) is 3.35. The fourth-order valence-corrected chi connectivity index (χ4v) is 5.94. The molecule has 1 aromatic carbocycles. The van der Waals surface area contributed by atoms with Gasteiger partial charge in [-0.15, -0.1) is 0 Å². The summed E-state index contributed by atoms with van der Waals surface area (Å²) in [5.41, 5.74) is 2.20. The number of hydrogen-bond acceptors (Lipinski definition) is 6. The summed E-state index contributed by atoms with van der Waals surface area (Å²) in [5.74, 6) is 0.111. The molecule has 0 aromatic heterocycles. The summed E-state index contributed by atoms with van der Waals surface area (Å²) in [6.45, 7) is 4.32. The lowest BCUT2D eigenvalue weighted by Gasteiger charge is -2.37. The van der Waals surface area contributed by atoms with Crippen molar-refractivity contribution in [3.8, 4) is 0 Å². The van der Waals surface area contributed by atoms with Gasteiger partial charge in [-0.25, -0.2) is 0 Å². The van der Waals surface area contributed by atoms with Crippen molar-refractivity contribution < 1.29 is 15.0 Å². The van der Waals surface area contributed by atoms with Crippen molar-refractivity contribution in [3.05, 3.63) is 29.8 Å². The Hall–Kier alpha value is -1.57. The van der Waals surface area contributed by atoms with E-state index in [9.17, 15) is 15.0 Å². The third kappa shape index (κ3) is 4.47. The SMILES string of the molecule is CC(C)c1ccc(NC2=N[C@@H]3[C@@H](O)[C@H](O)C[C@H](C(=O)NC4CCCC4)[C@H]3S2)cc1. The van der Waals surface area contributed by atoms with E-state index in [2.05, 4.69) is 41.6 Å². The number of carbonyl (C=O) groups excluding carboxylic acids is 1. The molecule has 2 aliphatic carbocycles. The van der Waals surface area contributed by atoms with Gasteiger partial charge >= 0.3 is 0 Å². The normalized spacial score (nSPS) is 32.2. The fourth-order valence-electron chi connectivity index (χ4n) is 4.56. The Kier molecular flexibility index (Phi) is 6.18. The van der Waals surface area contributed by atoms with Crippen molar-refractivity contribution in [2.45, 2.75) is 81.4 Å². The number of rotatable bonds is 4. The van der Waals surface area contributed by atoms with Crippen LogP contribution in [0.15, 0.2) is 29.3 Å². The topological polar surface area (TPSA) is 94.0 Å². The highest BCUT2D eigenvalue weighted by atomic mass is 32.2. The minimum atomic E-state index is -0.939. The highest BCUT2D eigenvalue weighted by molar-refractivity contribution is 8.15. The number of amides is 1. The summed E-state index contributed by atoms with van der Waals surface area (Å²) >= 11 is 1.51. The quantitative estimate of drug-likeness (QED) is 0.604. The predicted molar refractivity (Wildman–Crippen MR) is 117 cm³/mol. The van der Waals surface area contributed by atoms with Crippen molar-refractivity contribution in [2.75, 3.05) is 5.32 Å². The number of carbonyl (C=O) groups is 1. The zero-order valence-corrected chi connectivity index (χ0v) is 17.9. The van der Waals surface area contributed by atoms with Crippen LogP contribution in [0.25, 0.3) is 0 Å². The smallest absolute Gasteiger partial charge is 0.224 e. The molecule has 1 amide bonds. The Bertz CT molecular complexity index is 761. The van der Waals surface area contributed by atoms with E-state index in [-0.39, 0.29) is 29.5 Å². The van der Waals surface area contributed by atoms with Gasteiger partial charge in [0.25, 0.3) is 0 Å². The Balaban J connectivity index is 1.45. The molecule has 0 spiro atoms. The first-order valence-corrected chi connectivity index (χ1v) is 11.6. The maximum Gasteiger partial charge on any atom is 0.224 e. The van der Waals surface area contributed by atoms with Crippen molar-refractivity contribution in [3.63, 3.8) is 0 Å². The number of aliphatic hydroxyl groups is 2. The van der Waals surface area contributed by atoms with Gasteiger partial charge in [0.1, 0.15) is 6.10 Å². The molecule has 4 rings (SSSR count). The van der Waals surface area contributed by atoms with E-state index in [0.717, 1.165) is 31.4 Å². The zero-order valence-electron chi connectivity index (χ0n) is 17.0. The van der Waals surface area contributed by atoms with Crippen LogP contribution in [0.2, 0.25) is 0 Å². The van der Waals surface area contributed by atoms with Gasteiger partial charge in [0.05, 0.1) is 18.1 Å². The van der Waals surface area contributed by atoms with E-state index >= 15 is 0 Å². The van der Waals surface area contributed by atoms with Crippen LogP contribution in [0.1, 0.15) is 57.4 Å². The molecule has 4 N–H and O–H groups in total. The first-order chi connectivity index (χ1) is 13.9. The lowest BCUT2D eigenvalue weighted by molar-refractivity contribution is -0.130. The van der Waals surface area contributed by atoms with Gasteiger partial charge in [0.15, 0.2) is 5.17 Å². The van der Waals surface area contributed by atoms with E-state index in [1.807, 2.05) is 12.1 Å². The van der Waals surface area contributed by atoms with Crippen LogP contribution in [0.5, 0.6) is 0 Å². The van der Waals surface area contributed by atoms with Gasteiger partial charge in [-0.05, 0) is 42.9 Å². The summed E-state index contributed by atoms with van der Waals surface area (Å²) in [5, 5.41) is 27.8. The third-order valence-electron chi connectivity index (χ3n) is 6.35. The van der Waals surface area contributed by atoms with E-state index in [1.54, 1.807) is 0 Å². The largest absolute Gasteiger partial charge is 0.390 e. The van der Waals surface area contributed by atoms with E-state index in [0.29, 0.717) is 11.1 Å². The number of aliphatic imine (C=N–C) groups is 1. The molecule has 1 heterocycles. The minimum Gasteiger partial charge on any atom is -0.390 e. The molecule has 158 valence electrons. The zero-order chi connectivity index (χ0) is 20.5. The molecule has 0 unspecified atom stereocenters. The Morgan fingerprint density at radius 1 is 1.17 bits per heavy atom. The van der Waals surface area contributed by atoms with Gasteiger partial charge < -0.3 is 20.8 Å². The number of aliphatic hydroxyl groups excluding tert-OH is 2. The van der Waals surface area contributed by atoms with Crippen LogP contribution in [-0.4, -0.2) is 50.8 Å². The summed E-state index contributed by atoms with van der Waals surface area (Å²) in [6, 6.07) is 8.01. The molecule has 3 aliphatic rings. The molecule has 0 saturated heterocycles. The first kappa shape index (κ1) is 20.7. The number of fused-ring (bicyclic) bond motifs is 1. The van der Waals surface area contributed by atoms with Crippen LogP contribution >= 0.6 is 11.8 Å². The number of thioether (sulfide) groups is 1. The van der Waals surface area contributed by atoms with E-state index in [1.165, 1.54) is 17.3 Å². The number of benzene rings is 1. The molecule has 1 aromatic rings. The van der Waals surface area contributed by atoms with E-state index < -0.39 is 18.2 Å². The Morgan fingerprint density at radius 2 is 1.86 bits per heavy atom. The summed E-state index contributed by atoms with van der Waals surface area (Å²) in [6.07, 6.45) is 2.78. The third-order valence-corrected chi connectivity index (χ3v) is 7.66. The van der Waals surface area contributed by atoms with Gasteiger partial charge in [-0.2, -0.15) is 0 Å². The molecule has 0 bridgehead atoms. The summed E-state index contributed by atoms with van der Waals surface area (Å²) in [4.78, 5) is 17.6. The molecule has 6 nitrogen and oxygen atoms in total. The average molecular weight is 418 g/mol. The Labute approximate surface area is 176 Å². The van der Waals surface area contributed by atoms with Crippen molar-refractivity contribution in [1.82, 2.24) is 5.32 Å². The minimum absolute atomic E-state index is 0.0110. The van der Waals surface area contributed by atoms with Gasteiger partial charge in [-0.1, -0.05) is 50.6 Å². The molecule has 29 heavy (non-hydrogen) atoms. The maximum atomic E-state index is 12.9. The van der Waals surface area contributed by atoms with Crippen LogP contribution in [0.3, 0.4) is 0 Å². The van der Waals surface area contributed by atoms with Crippen molar-refractivity contribution in [2.24, 2.45) is 10.9 Å². The van der Waals surface area contributed by atoms with E-state index in [4.69, 9.17) is 0 Å². The summed E-state index contributed by atoms with van der Waals surface area (Å²) < 4.78 is 0. The second-order valence-corrected chi connectivity index (χ2v) is 9.97. The fraction of sp³-hybridized carbons (Fsp3) is 0.636. The standard InChI is InChI=1S/C22H31N3O3S/c1-12(2)13-7-9-15(10-8-13)24-22-25-18-19(27)17(26)11-16(20(18)29-22)21(28)23-14-5-3-4-6-14/h7-10,12,14,16-20,26-27H,3-6,11H2,1-2H3,(H,23,28)(H,24,25)/t16-,17+,18+,19-,20+/m0/s1. The molecule has 7 heteroatoms. The van der Waals surface area contributed by atoms with Crippen LogP contribution < -0.4 is 10.6 Å². The lowest BCUT2D eigenvalue weighted by atomic mass is 9.81. The molecule has 2 saturated carbocycles. The number of hydrogen-bond donors (Lipinski definition) is 4. The number of amidine groups is 1. The van der Waals surface area contributed by atoms with Crippen molar-refractivity contribution >= 4 is 28.5 Å². The highest BCUT2D eigenvalue weighted by Crippen LogP contribution is 2.41. The van der Waals surface area contributed by atoms with Gasteiger partial charge in [0.2, 0.25) is 5.91 Å². The second-order valence-electron chi connectivity index (χ2n) is 8.80. The lowest BCUT2D eigenvalue weighted by Crippen LogP contribution is -2.54. The van der Waals surface area contributed by atoms with Gasteiger partial charge in [0, 0.05) is 17.0 Å². The summed E-state index contributed by atoms with van der Waals surface area (Å²) in [7, 11) is 0. The van der Waals surface area contributed by atoms with Crippen LogP contribution in [-0.2, 0) is 4.79 Å². The second kappa shape index (κ2) is 8.66. The van der Waals surface area contributed by atoms with Crippen LogP contribution in [0, 0.1) is 5.92 Å². The van der Waals surface area contributed by atoms with Crippen molar-refractivity contribution in [1.29, 1.82) is 0 Å². The molecular formula is C22H31N3O3S. The number of nitrogens with zero attached hydrogens (tertiary/aromatic N) is 1. The maximum absolute atomic E-state index is 12.9. The molecule has 5 atom stereocenters. The molecule has 1 aliphatic heterocycles. The molecule has 2 fully saturated rings. The van der Waals surface area contributed by atoms with Crippen LogP contribution in [0.4, 0.5) is 5.69 Å². The molecular weight excluding hydrogens is 386 g/mol. The van der Waals surface area contributed by atoms with Gasteiger partial charge in [-0.3, -0.25) is 9.79 Å². The predicted octanol–water partition coefficient (Wildman–Crippen LogP) is 2.86. The highest BCUT2D eigenvalue weighted by Gasteiger charge is 2.50. The first-order valence-electron chi connectivity index (χ1n) is 10.7.